The van der Waals surface area contributed by atoms with E-state index in [0.29, 0.717) is 30.8 Å². The summed E-state index contributed by atoms with van der Waals surface area (Å²) >= 11 is 0. The third-order valence-electron chi connectivity index (χ3n) is 6.33. The number of amides is 2. The summed E-state index contributed by atoms with van der Waals surface area (Å²) in [5, 5.41) is 7.02. The lowest BCUT2D eigenvalue weighted by atomic mass is 9.87. The summed E-state index contributed by atoms with van der Waals surface area (Å²) in [6.45, 7) is 1.60. The first-order valence-corrected chi connectivity index (χ1v) is 10.5. The van der Waals surface area contributed by atoms with Gasteiger partial charge >= 0.3 is 6.43 Å². The van der Waals surface area contributed by atoms with E-state index in [4.69, 9.17) is 9.15 Å². The van der Waals surface area contributed by atoms with Gasteiger partial charge in [0.2, 0.25) is 11.8 Å². The molecule has 1 aromatic carbocycles. The molecule has 164 valence electrons. The number of benzene rings is 1. The number of ether oxygens (including phenoxy) is 1. The number of morpholine rings is 1. The lowest BCUT2D eigenvalue weighted by Crippen LogP contribution is -2.58. The molecule has 0 unspecified atom stereocenters. The summed E-state index contributed by atoms with van der Waals surface area (Å²) in [4.78, 5) is 29.5. The van der Waals surface area contributed by atoms with Crippen LogP contribution in [0.15, 0.2) is 22.6 Å². The topological polar surface area (TPSA) is 88.8 Å². The Kier molecular flexibility index (Phi) is 5.17. The molecule has 0 spiro atoms. The van der Waals surface area contributed by atoms with Crippen LogP contribution in [0.4, 0.5) is 8.78 Å². The van der Waals surface area contributed by atoms with Crippen molar-refractivity contribution < 1.29 is 27.5 Å². The van der Waals surface area contributed by atoms with Crippen molar-refractivity contribution in [2.24, 2.45) is 0 Å². The minimum Gasteiger partial charge on any atom is -0.415 e. The molecule has 0 N–H and O–H groups in total. The Hall–Kier alpha value is -2.88. The molecule has 3 aliphatic rings. The number of nitrogens with zero attached hydrogens (tertiary/aromatic N) is 4. The third-order valence-corrected chi connectivity index (χ3v) is 6.33. The van der Waals surface area contributed by atoms with Crippen molar-refractivity contribution in [1.29, 1.82) is 0 Å². The molecule has 0 bridgehead atoms. The van der Waals surface area contributed by atoms with Gasteiger partial charge in [-0.1, -0.05) is 18.9 Å². The fourth-order valence-corrected chi connectivity index (χ4v) is 4.86. The maximum Gasteiger partial charge on any atom is 0.314 e. The van der Waals surface area contributed by atoms with Crippen molar-refractivity contribution in [2.45, 2.75) is 50.7 Å². The maximum absolute atomic E-state index is 13.3. The molecule has 0 radical (unpaired) electrons. The maximum atomic E-state index is 13.3. The van der Waals surface area contributed by atoms with Crippen LogP contribution >= 0.6 is 0 Å². The Labute approximate surface area is 177 Å². The van der Waals surface area contributed by atoms with Crippen molar-refractivity contribution >= 4 is 11.8 Å². The Bertz CT molecular complexity index is 1010. The first kappa shape index (κ1) is 20.0. The van der Waals surface area contributed by atoms with E-state index < -0.39 is 12.3 Å². The lowest BCUT2D eigenvalue weighted by Gasteiger charge is -2.44. The lowest BCUT2D eigenvalue weighted by molar-refractivity contribution is -0.148. The molecule has 2 fully saturated rings. The van der Waals surface area contributed by atoms with E-state index in [1.165, 1.54) is 0 Å². The molecule has 1 aromatic heterocycles. The van der Waals surface area contributed by atoms with Crippen molar-refractivity contribution in [3.63, 3.8) is 0 Å². The normalized spacial score (nSPS) is 24.2. The third kappa shape index (κ3) is 3.58. The van der Waals surface area contributed by atoms with Crippen molar-refractivity contribution in [3.8, 4) is 11.5 Å². The van der Waals surface area contributed by atoms with Gasteiger partial charge in [-0.2, -0.15) is 8.78 Å². The summed E-state index contributed by atoms with van der Waals surface area (Å²) in [5.41, 5.74) is 1.80. The molecular formula is C21H22F2N4O4. The van der Waals surface area contributed by atoms with E-state index in [1.807, 2.05) is 9.80 Å². The summed E-state index contributed by atoms with van der Waals surface area (Å²) < 4.78 is 35.8. The first-order chi connectivity index (χ1) is 15.0. The van der Waals surface area contributed by atoms with E-state index in [0.717, 1.165) is 31.2 Å². The molecule has 10 heteroatoms. The predicted molar refractivity (Wildman–Crippen MR) is 103 cm³/mol. The highest BCUT2D eigenvalue weighted by Crippen LogP contribution is 2.35. The van der Waals surface area contributed by atoms with Gasteiger partial charge in [-0.05, 0) is 30.5 Å². The largest absolute Gasteiger partial charge is 0.415 e. The summed E-state index contributed by atoms with van der Waals surface area (Å²) in [5.74, 6) is -0.939. The number of aromatic nitrogens is 2. The Morgan fingerprint density at radius 2 is 1.84 bits per heavy atom. The van der Waals surface area contributed by atoms with Gasteiger partial charge in [-0.25, -0.2) is 0 Å². The monoisotopic (exact) mass is 432 g/mol. The van der Waals surface area contributed by atoms with Gasteiger partial charge < -0.3 is 19.0 Å². The Morgan fingerprint density at radius 1 is 1.06 bits per heavy atom. The highest BCUT2D eigenvalue weighted by Gasteiger charge is 2.42. The Morgan fingerprint density at radius 3 is 2.55 bits per heavy atom. The molecule has 5 rings (SSSR count). The summed E-state index contributed by atoms with van der Waals surface area (Å²) in [6.07, 6.45) is 0.875. The number of carbonyl (C=O) groups excluding carboxylic acids is 2. The van der Waals surface area contributed by atoms with Crippen molar-refractivity contribution in [2.75, 3.05) is 19.8 Å². The van der Waals surface area contributed by atoms with E-state index >= 15 is 0 Å². The number of fused-ring (bicyclic) bond motifs is 1. The minimum atomic E-state index is -2.85. The molecule has 2 aliphatic heterocycles. The fourth-order valence-electron chi connectivity index (χ4n) is 4.86. The van der Waals surface area contributed by atoms with Crippen LogP contribution in [0.5, 0.6) is 0 Å². The van der Waals surface area contributed by atoms with Gasteiger partial charge in [0, 0.05) is 24.2 Å². The molecule has 1 aliphatic carbocycles. The molecule has 2 atom stereocenters. The number of carbonyl (C=O) groups is 2. The molecule has 2 amide bonds. The van der Waals surface area contributed by atoms with Gasteiger partial charge in [0.25, 0.3) is 11.8 Å². The van der Waals surface area contributed by atoms with Crippen molar-refractivity contribution in [3.05, 3.63) is 35.2 Å². The van der Waals surface area contributed by atoms with Crippen LogP contribution in [0.3, 0.4) is 0 Å². The second kappa shape index (κ2) is 7.99. The number of hydrogen-bond acceptors (Lipinski definition) is 6. The number of alkyl halides is 2. The molecule has 31 heavy (non-hydrogen) atoms. The zero-order valence-electron chi connectivity index (χ0n) is 16.8. The SMILES string of the molecule is O=C1COCCN1[C@@H]1CCCC[C@H]1N1Cc2ccc(-c3nnc(C(F)F)o3)cc2C1=O. The van der Waals surface area contributed by atoms with Crippen LogP contribution < -0.4 is 0 Å². The van der Waals surface area contributed by atoms with Gasteiger partial charge in [-0.15, -0.1) is 10.2 Å². The van der Waals surface area contributed by atoms with Gasteiger partial charge in [-0.3, -0.25) is 9.59 Å². The van der Waals surface area contributed by atoms with Crippen LogP contribution in [-0.2, 0) is 16.1 Å². The van der Waals surface area contributed by atoms with Gasteiger partial charge in [0.15, 0.2) is 0 Å². The quantitative estimate of drug-likeness (QED) is 0.738. The zero-order valence-corrected chi connectivity index (χ0v) is 16.8. The zero-order chi connectivity index (χ0) is 21.5. The van der Waals surface area contributed by atoms with Crippen molar-refractivity contribution in [1.82, 2.24) is 20.0 Å². The van der Waals surface area contributed by atoms with Crippen LogP contribution in [0, 0.1) is 0 Å². The molecule has 1 saturated heterocycles. The van der Waals surface area contributed by atoms with Crippen LogP contribution in [0.25, 0.3) is 11.5 Å². The summed E-state index contributed by atoms with van der Waals surface area (Å²) in [7, 11) is 0. The van der Waals surface area contributed by atoms with Crippen LogP contribution in [0.2, 0.25) is 0 Å². The second-order valence-corrected chi connectivity index (χ2v) is 8.11. The standard InChI is InChI=1S/C21H22F2N4O4/c22-18(23)20-25-24-19(31-20)12-5-6-13-10-27(21(29)14(13)9-12)16-4-2-1-3-15(16)26-7-8-30-11-17(26)28/h5-6,9,15-16,18H,1-4,7-8,10-11H2/t15-,16-/m1/s1. The average Bonchev–Trinajstić information content (AvgIpc) is 3.40. The van der Waals surface area contributed by atoms with E-state index in [9.17, 15) is 18.4 Å². The molecule has 8 nitrogen and oxygen atoms in total. The van der Waals surface area contributed by atoms with Gasteiger partial charge in [0.1, 0.15) is 6.61 Å². The molecular weight excluding hydrogens is 410 g/mol. The molecule has 1 saturated carbocycles. The second-order valence-electron chi connectivity index (χ2n) is 8.11. The number of rotatable bonds is 4. The van der Waals surface area contributed by atoms with E-state index in [2.05, 4.69) is 10.2 Å². The van der Waals surface area contributed by atoms with E-state index in [1.54, 1.807) is 18.2 Å². The van der Waals surface area contributed by atoms with Crippen LogP contribution in [-0.4, -0.2) is 63.7 Å². The smallest absolute Gasteiger partial charge is 0.314 e. The van der Waals surface area contributed by atoms with Crippen LogP contribution in [0.1, 0.15) is 53.9 Å². The highest BCUT2D eigenvalue weighted by molar-refractivity contribution is 5.99. The molecule has 2 aromatic rings. The molecule has 3 heterocycles. The average molecular weight is 432 g/mol. The van der Waals surface area contributed by atoms with Gasteiger partial charge in [0.05, 0.1) is 18.7 Å². The minimum absolute atomic E-state index is 0.0209. The fraction of sp³-hybridized carbons (Fsp3) is 0.524. The first-order valence-electron chi connectivity index (χ1n) is 10.5. The number of hydrogen-bond donors (Lipinski definition) is 0. The predicted octanol–water partition coefficient (Wildman–Crippen LogP) is 2.80. The van der Waals surface area contributed by atoms with E-state index in [-0.39, 0.29) is 36.4 Å². The number of halogens is 2. The highest BCUT2D eigenvalue weighted by atomic mass is 19.3. The Balaban J connectivity index is 1.40. The summed E-state index contributed by atoms with van der Waals surface area (Å²) in [6, 6.07) is 5.04.